The molecule has 0 unspecified atom stereocenters. The Morgan fingerprint density at radius 2 is 1.67 bits per heavy atom. The zero-order valence-corrected chi connectivity index (χ0v) is 14.1. The molecule has 0 radical (unpaired) electrons. The summed E-state index contributed by atoms with van der Waals surface area (Å²) in [6.45, 7) is 4.81. The van der Waals surface area contributed by atoms with E-state index in [1.807, 2.05) is 37.3 Å². The van der Waals surface area contributed by atoms with Crippen LogP contribution in [0.25, 0.3) is 0 Å². The summed E-state index contributed by atoms with van der Waals surface area (Å²) in [6.07, 6.45) is 1.54. The van der Waals surface area contributed by atoms with Gasteiger partial charge in [-0.1, -0.05) is 37.3 Å². The van der Waals surface area contributed by atoms with E-state index in [1.54, 1.807) is 14.1 Å². The van der Waals surface area contributed by atoms with Crippen molar-refractivity contribution in [2.75, 3.05) is 40.3 Å². The topological polar surface area (TPSA) is 52.7 Å². The van der Waals surface area contributed by atoms with Crippen molar-refractivity contribution in [1.82, 2.24) is 13.9 Å². The molecule has 1 aromatic rings. The first-order valence-corrected chi connectivity index (χ1v) is 8.80. The molecule has 1 N–H and O–H groups in total. The molecular formula is C15H27N3O2S. The Kier molecular flexibility index (Phi) is 7.88. The minimum absolute atomic E-state index is 0.490. The highest BCUT2D eigenvalue weighted by Gasteiger charge is 2.22. The highest BCUT2D eigenvalue weighted by molar-refractivity contribution is 7.86. The fourth-order valence-electron chi connectivity index (χ4n) is 2.00. The van der Waals surface area contributed by atoms with E-state index in [-0.39, 0.29) is 0 Å². The summed E-state index contributed by atoms with van der Waals surface area (Å²) in [5.74, 6) is 0. The molecule has 0 aliphatic rings. The zero-order chi connectivity index (χ0) is 15.7. The molecule has 0 aliphatic heterocycles. The molecule has 0 fully saturated rings. The Bertz CT molecular complexity index is 491. The van der Waals surface area contributed by atoms with Gasteiger partial charge in [0.15, 0.2) is 0 Å². The van der Waals surface area contributed by atoms with Crippen LogP contribution in [0, 0.1) is 0 Å². The minimum atomic E-state index is -3.36. The van der Waals surface area contributed by atoms with Gasteiger partial charge in [-0.05, 0) is 31.5 Å². The van der Waals surface area contributed by atoms with Crippen LogP contribution in [0.2, 0.25) is 0 Å². The lowest BCUT2D eigenvalue weighted by Crippen LogP contribution is -2.41. The van der Waals surface area contributed by atoms with Crippen molar-refractivity contribution in [2.24, 2.45) is 0 Å². The van der Waals surface area contributed by atoms with E-state index in [9.17, 15) is 8.42 Å². The second-order valence-electron chi connectivity index (χ2n) is 5.09. The summed E-state index contributed by atoms with van der Waals surface area (Å²) < 4.78 is 27.5. The average molecular weight is 313 g/mol. The van der Waals surface area contributed by atoms with Gasteiger partial charge in [0.25, 0.3) is 10.2 Å². The third kappa shape index (κ3) is 6.13. The molecule has 0 saturated heterocycles. The maximum atomic E-state index is 12.3. The smallest absolute Gasteiger partial charge is 0.281 e. The van der Waals surface area contributed by atoms with Gasteiger partial charge in [0.2, 0.25) is 0 Å². The van der Waals surface area contributed by atoms with Crippen LogP contribution in [0.5, 0.6) is 0 Å². The summed E-state index contributed by atoms with van der Waals surface area (Å²) in [6, 6.07) is 9.93. The van der Waals surface area contributed by atoms with E-state index >= 15 is 0 Å². The minimum Gasteiger partial charge on any atom is -0.317 e. The number of likely N-dealkylation sites (N-methyl/N-ethyl adjacent to an activating group) is 1. The van der Waals surface area contributed by atoms with E-state index in [0.29, 0.717) is 13.1 Å². The maximum absolute atomic E-state index is 12.3. The molecule has 0 saturated carbocycles. The normalized spacial score (nSPS) is 12.2. The highest BCUT2D eigenvalue weighted by atomic mass is 32.2. The van der Waals surface area contributed by atoms with E-state index in [2.05, 4.69) is 5.32 Å². The number of hydrogen-bond donors (Lipinski definition) is 1. The molecule has 1 rings (SSSR count). The molecule has 0 aliphatic carbocycles. The third-order valence-corrected chi connectivity index (χ3v) is 5.36. The summed E-state index contributed by atoms with van der Waals surface area (Å²) in [4.78, 5) is 0. The maximum Gasteiger partial charge on any atom is 0.281 e. The van der Waals surface area contributed by atoms with Crippen LogP contribution in [0.1, 0.15) is 18.9 Å². The van der Waals surface area contributed by atoms with Crippen molar-refractivity contribution in [1.29, 1.82) is 0 Å². The first-order chi connectivity index (χ1) is 9.98. The predicted molar refractivity (Wildman–Crippen MR) is 87.5 cm³/mol. The number of hydrogen-bond acceptors (Lipinski definition) is 3. The molecule has 6 heteroatoms. The zero-order valence-electron chi connectivity index (χ0n) is 13.2. The first kappa shape index (κ1) is 18.1. The van der Waals surface area contributed by atoms with Crippen LogP contribution in [0.3, 0.4) is 0 Å². The Balaban J connectivity index is 2.44. The van der Waals surface area contributed by atoms with Gasteiger partial charge in [-0.2, -0.15) is 17.0 Å². The lowest BCUT2D eigenvalue weighted by Gasteiger charge is -2.24. The molecule has 21 heavy (non-hydrogen) atoms. The lowest BCUT2D eigenvalue weighted by atomic mass is 10.2. The molecule has 120 valence electrons. The third-order valence-electron chi connectivity index (χ3n) is 3.42. The van der Waals surface area contributed by atoms with Gasteiger partial charge in [-0.3, -0.25) is 0 Å². The van der Waals surface area contributed by atoms with E-state index in [1.165, 1.54) is 8.61 Å². The van der Waals surface area contributed by atoms with Crippen molar-refractivity contribution in [3.63, 3.8) is 0 Å². The second-order valence-corrected chi connectivity index (χ2v) is 7.24. The van der Waals surface area contributed by atoms with Gasteiger partial charge in [0.05, 0.1) is 0 Å². The van der Waals surface area contributed by atoms with E-state index < -0.39 is 10.2 Å². The summed E-state index contributed by atoms with van der Waals surface area (Å²) in [7, 11) is -0.0803. The molecule has 5 nitrogen and oxygen atoms in total. The summed E-state index contributed by atoms with van der Waals surface area (Å²) in [5, 5.41) is 3.20. The predicted octanol–water partition coefficient (Wildman–Crippen LogP) is 1.34. The van der Waals surface area contributed by atoms with Crippen LogP contribution in [0.15, 0.2) is 30.3 Å². The van der Waals surface area contributed by atoms with Crippen molar-refractivity contribution < 1.29 is 8.42 Å². The number of benzene rings is 1. The fraction of sp³-hybridized carbons (Fsp3) is 0.600. The van der Waals surface area contributed by atoms with Crippen molar-refractivity contribution >= 4 is 10.2 Å². The number of rotatable bonds is 10. The molecule has 0 spiro atoms. The van der Waals surface area contributed by atoms with Gasteiger partial charge < -0.3 is 5.32 Å². The molecular weight excluding hydrogens is 286 g/mol. The van der Waals surface area contributed by atoms with Gasteiger partial charge in [-0.15, -0.1) is 0 Å². The van der Waals surface area contributed by atoms with Crippen LogP contribution >= 0.6 is 0 Å². The second kappa shape index (κ2) is 9.15. The fourth-order valence-corrected chi connectivity index (χ4v) is 3.16. The first-order valence-electron chi connectivity index (χ1n) is 7.40. The summed E-state index contributed by atoms with van der Waals surface area (Å²) >= 11 is 0. The van der Waals surface area contributed by atoms with Crippen LogP contribution < -0.4 is 5.32 Å². The van der Waals surface area contributed by atoms with Crippen LogP contribution in [-0.4, -0.2) is 57.3 Å². The van der Waals surface area contributed by atoms with Crippen LogP contribution in [-0.2, 0) is 16.6 Å². The van der Waals surface area contributed by atoms with Crippen molar-refractivity contribution in [3.05, 3.63) is 35.9 Å². The monoisotopic (exact) mass is 313 g/mol. The van der Waals surface area contributed by atoms with E-state index in [0.717, 1.165) is 31.5 Å². The molecule has 0 atom stereocenters. The molecule has 0 amide bonds. The van der Waals surface area contributed by atoms with Gasteiger partial charge in [-0.25, -0.2) is 0 Å². The van der Waals surface area contributed by atoms with E-state index in [4.69, 9.17) is 0 Å². The largest absolute Gasteiger partial charge is 0.317 e. The lowest BCUT2D eigenvalue weighted by molar-refractivity contribution is 0.388. The molecule has 0 aromatic heterocycles. The van der Waals surface area contributed by atoms with Crippen molar-refractivity contribution in [2.45, 2.75) is 19.8 Å². The Morgan fingerprint density at radius 3 is 2.29 bits per heavy atom. The molecule has 1 aromatic carbocycles. The Labute approximate surface area is 129 Å². The van der Waals surface area contributed by atoms with Crippen molar-refractivity contribution in [3.8, 4) is 0 Å². The van der Waals surface area contributed by atoms with Gasteiger partial charge in [0, 0.05) is 27.2 Å². The Morgan fingerprint density at radius 1 is 1.05 bits per heavy atom. The van der Waals surface area contributed by atoms with Gasteiger partial charge in [0.1, 0.15) is 0 Å². The number of nitrogens with zero attached hydrogens (tertiary/aromatic N) is 2. The SMILES string of the molecule is CCNCCCN(C)S(=O)(=O)N(C)CCc1ccccc1. The average Bonchev–Trinajstić information content (AvgIpc) is 2.49. The summed E-state index contributed by atoms with van der Waals surface area (Å²) in [5.41, 5.74) is 1.15. The Hall–Kier alpha value is -0.950. The quantitative estimate of drug-likeness (QED) is 0.663. The molecule has 0 bridgehead atoms. The van der Waals surface area contributed by atoms with Crippen LogP contribution in [0.4, 0.5) is 0 Å². The number of nitrogens with one attached hydrogen (secondary N) is 1. The standard InChI is InChI=1S/C15H27N3O2S/c1-4-16-12-8-13-17(2)21(19,20)18(3)14-11-15-9-6-5-7-10-15/h5-7,9-10,16H,4,8,11-14H2,1-3H3. The highest BCUT2D eigenvalue weighted by Crippen LogP contribution is 2.07. The molecule has 0 heterocycles. The van der Waals surface area contributed by atoms with Gasteiger partial charge >= 0.3 is 0 Å².